The van der Waals surface area contributed by atoms with Crippen molar-refractivity contribution in [3.63, 3.8) is 0 Å². The molecule has 45 atom stereocenters. The second kappa shape index (κ2) is 36.4. The van der Waals surface area contributed by atoms with E-state index < -0.39 is 348 Å². The van der Waals surface area contributed by atoms with Gasteiger partial charge in [0, 0.05) is 6.42 Å². The molecule has 0 spiro atoms. The minimum atomic E-state index is -3.33. The highest BCUT2D eigenvalue weighted by molar-refractivity contribution is 5.75. The van der Waals surface area contributed by atoms with Crippen molar-refractivity contribution in [1.29, 1.82) is 0 Å². The van der Waals surface area contributed by atoms with E-state index in [4.69, 9.17) is 86.3 Å². The molecule has 0 saturated carbocycles. The van der Waals surface area contributed by atoms with E-state index in [0.717, 1.165) is 0 Å². The lowest BCUT2D eigenvalue weighted by molar-refractivity contribution is -0.412. The van der Waals surface area contributed by atoms with E-state index in [0.29, 0.717) is 0 Å². The van der Waals surface area contributed by atoms with Crippen molar-refractivity contribution in [2.75, 3.05) is 59.5 Å². The summed E-state index contributed by atoms with van der Waals surface area (Å²) in [6.45, 7) is -10.3. The third-order valence-corrected chi connectivity index (χ3v) is 19.4. The van der Waals surface area contributed by atoms with Gasteiger partial charge in [0.05, 0.1) is 71.6 Å². The normalized spacial score (nSPS) is 52.3. The Bertz CT molecular complexity index is 2630. The van der Waals surface area contributed by atoms with Gasteiger partial charge >= 0.3 is 5.97 Å². The third kappa shape index (κ3) is 17.6. The van der Waals surface area contributed by atoms with Crippen molar-refractivity contribution < 1.29 is 233 Å². The van der Waals surface area contributed by atoms with Crippen LogP contribution in [0.5, 0.6) is 0 Å². The van der Waals surface area contributed by atoms with Crippen molar-refractivity contribution >= 4 is 5.97 Å². The predicted octanol–water partition coefficient (Wildman–Crippen LogP) is -20.8. The summed E-state index contributed by atoms with van der Waals surface area (Å²) >= 11 is 0. The van der Waals surface area contributed by atoms with Gasteiger partial charge in [-0.2, -0.15) is 0 Å². The average molecular weight is 1530 g/mol. The molecule has 0 unspecified atom stereocenters. The van der Waals surface area contributed by atoms with Crippen LogP contribution in [-0.2, 0) is 85.3 Å². The van der Waals surface area contributed by atoms with E-state index in [1.54, 1.807) is 0 Å². The van der Waals surface area contributed by atoms with E-state index in [9.17, 15) is 153 Å². The number of nitrogens with two attached hydrogens (primary N) is 1. The number of hydrogen-bond donors (Lipinski definition) is 30. The van der Waals surface area contributed by atoms with Crippen LogP contribution in [0.4, 0.5) is 0 Å². The minimum Gasteiger partial charge on any atom is -0.477 e. The fourth-order valence-electron chi connectivity index (χ4n) is 13.3. The van der Waals surface area contributed by atoms with Crippen LogP contribution in [0.1, 0.15) is 6.42 Å². The first-order valence-electron chi connectivity index (χ1n) is 32.8. The third-order valence-electron chi connectivity index (χ3n) is 19.4. The molecule has 48 heteroatoms. The van der Waals surface area contributed by atoms with Crippen molar-refractivity contribution in [1.82, 2.24) is 0 Å². The molecule has 0 aliphatic carbocycles. The zero-order valence-electron chi connectivity index (χ0n) is 54.4. The number of rotatable bonds is 27. The molecule has 9 saturated heterocycles. The van der Waals surface area contributed by atoms with Gasteiger partial charge < -0.3 is 234 Å². The molecule has 9 fully saturated rings. The highest BCUT2D eigenvalue weighted by Crippen LogP contribution is 2.41. The first-order chi connectivity index (χ1) is 49.2. The molecular formula is C56H95NO47. The van der Waals surface area contributed by atoms with Crippen LogP contribution in [0.3, 0.4) is 0 Å². The number of carboxylic acid groups (broad SMARTS) is 1. The van der Waals surface area contributed by atoms with Gasteiger partial charge in [-0.3, -0.25) is 0 Å². The topological polar surface area (TPSA) is 787 Å². The molecule has 0 amide bonds. The van der Waals surface area contributed by atoms with Gasteiger partial charge in [0.15, 0.2) is 50.3 Å². The van der Waals surface area contributed by atoms with Crippen LogP contribution in [0.2, 0.25) is 0 Å². The van der Waals surface area contributed by atoms with Crippen molar-refractivity contribution in [3.8, 4) is 0 Å². The summed E-state index contributed by atoms with van der Waals surface area (Å²) in [5.74, 6) is -5.46. The van der Waals surface area contributed by atoms with Gasteiger partial charge in [-0.25, -0.2) is 4.79 Å². The summed E-state index contributed by atoms with van der Waals surface area (Å²) in [4.78, 5) is 12.2. The first kappa shape index (κ1) is 85.6. The molecule has 606 valence electrons. The summed E-state index contributed by atoms with van der Waals surface area (Å²) in [7, 11) is 0. The molecule has 104 heavy (non-hydrogen) atoms. The molecule has 0 radical (unpaired) electrons. The Kier molecular flexibility index (Phi) is 30.0. The van der Waals surface area contributed by atoms with Gasteiger partial charge in [0.1, 0.15) is 208 Å². The van der Waals surface area contributed by atoms with E-state index in [-0.39, 0.29) is 0 Å². The van der Waals surface area contributed by atoms with E-state index in [1.165, 1.54) is 0 Å². The number of hydrogen-bond acceptors (Lipinski definition) is 47. The zero-order valence-corrected chi connectivity index (χ0v) is 54.4. The molecule has 48 nitrogen and oxygen atoms in total. The van der Waals surface area contributed by atoms with Gasteiger partial charge in [-0.1, -0.05) is 0 Å². The summed E-state index contributed by atoms with van der Waals surface area (Å²) in [5, 5.41) is 316. The predicted molar refractivity (Wildman–Crippen MR) is 310 cm³/mol. The largest absolute Gasteiger partial charge is 0.477 e. The van der Waals surface area contributed by atoms with Crippen LogP contribution in [0.15, 0.2) is 0 Å². The van der Waals surface area contributed by atoms with E-state index >= 15 is 0 Å². The molecule has 0 aromatic heterocycles. The number of aliphatic carboxylic acids is 1. The lowest BCUT2D eigenvalue weighted by Gasteiger charge is -2.51. The van der Waals surface area contributed by atoms with Crippen molar-refractivity contribution in [3.05, 3.63) is 0 Å². The van der Waals surface area contributed by atoms with Crippen LogP contribution in [0.25, 0.3) is 0 Å². The second-order valence-electron chi connectivity index (χ2n) is 26.3. The standard InChI is InChI=1S/C56H95NO47/c57-21-27(73)22(68)13(3-59)89-47(21)102-46-31(77)26(72)17(7-63)93-54(46)100-43-20(96-52(38(84)44(43)101-49-35(81)29(75)24(70)15(5-61)91-49)97-39-11(66)1-56(87,55(85)86)104-40(39)12(67)2-58)10-88-53-45(30(76)25(71)16(6-62)92-53)103-51-37(83)33(79)42(19(9-65)95-51)99-50-36(82)32(78)41(18(8-64)94-50)98-48-34(80)28(74)23(69)14(4-60)90-48/h11-54,58-84,87H,1-10,57H2,(H,85,86)/t11-,12+,13-,14-,15-,16-,17-,18-,19-,20-,21-,22-,23+,24-,25-,26-,27-,28+,29+,30+,31+,32-,33-,34-,35-,36-,37-,38-,39-,40-,41+,42-,43-,44-,45-,46-,47-,48-,49+,50+,51-,52-,53-,54+,56-/m1/s1. The molecule has 9 aliphatic rings. The maximum atomic E-state index is 12.6. The fraction of sp³-hybridized carbons (Fsp3) is 0.982. The Balaban J connectivity index is 1.05. The zero-order chi connectivity index (χ0) is 76.6. The van der Waals surface area contributed by atoms with Gasteiger partial charge in [-0.15, -0.1) is 0 Å². The van der Waals surface area contributed by atoms with E-state index in [1.807, 2.05) is 0 Å². The van der Waals surface area contributed by atoms with Crippen LogP contribution in [0, 0.1) is 0 Å². The highest BCUT2D eigenvalue weighted by atomic mass is 16.8. The van der Waals surface area contributed by atoms with Crippen LogP contribution >= 0.6 is 0 Å². The minimum absolute atomic E-state index is 0.907. The second-order valence-corrected chi connectivity index (χ2v) is 26.3. The molecule has 0 bridgehead atoms. The Morgan fingerprint density at radius 1 is 0.346 bits per heavy atom. The molecule has 9 heterocycles. The SMILES string of the molecule is N[C@H]1[C@@H](O[C@H]2[C@H](O[C@H]3[C@H](O[C@@H]4O[C@H](CO)[C@@H](O)[C@H](O)[C@H]4O)[C@@H](O)[C@@H](O[C@H]4[C@@H]([C@@H](O)CO)O[C@@](O)(C(=O)O)C[C@H]4O)O[C@@H]3CO[C@@H]3O[C@H](CO)[C@@H](O)[C@H](O)[C@H]3O[C@H]3O[C@H](CO)[C@@H](O[C@@H]4O[C@H](CO)[C@H](O[C@H]5O[C@H](CO)[C@H](O)[C@H](O)[C@H]5O)[C@H](O)[C@H]4O)[C@H](O)[C@H]3O)O[C@H](CO)[C@@H](O)[C@@H]2O)O[C@H](CO)[C@@H](O)[C@@H]1O. The maximum absolute atomic E-state index is 12.6. The average Bonchev–Trinajstić information content (AvgIpc) is 0.764. The van der Waals surface area contributed by atoms with Crippen molar-refractivity contribution in [2.45, 2.75) is 282 Å². The lowest BCUT2D eigenvalue weighted by atomic mass is 9.92. The fourth-order valence-corrected chi connectivity index (χ4v) is 13.3. The number of aliphatic hydroxyl groups excluding tert-OH is 27. The summed E-state index contributed by atoms with van der Waals surface area (Å²) in [6, 6.07) is -1.79. The molecule has 0 aromatic carbocycles. The Morgan fingerprint density at radius 3 is 1.09 bits per heavy atom. The number of carboxylic acids is 1. The highest BCUT2D eigenvalue weighted by Gasteiger charge is 2.62. The number of ether oxygens (including phenoxy) is 17. The molecular weight excluding hydrogens is 1440 g/mol. The molecule has 9 rings (SSSR count). The Hall–Kier alpha value is -2.37. The smallest absolute Gasteiger partial charge is 0.364 e. The molecule has 0 aromatic rings. The quantitative estimate of drug-likeness (QED) is 0.0363. The van der Waals surface area contributed by atoms with Gasteiger partial charge in [0.2, 0.25) is 0 Å². The van der Waals surface area contributed by atoms with E-state index in [2.05, 4.69) is 0 Å². The number of carbonyl (C=O) groups is 1. The Morgan fingerprint density at radius 2 is 0.654 bits per heavy atom. The molecule has 9 aliphatic heterocycles. The Labute approximate surface area is 585 Å². The number of aliphatic hydroxyl groups is 28. The summed E-state index contributed by atoms with van der Waals surface area (Å²) in [6.07, 6.45) is -94.3. The lowest BCUT2D eigenvalue weighted by Crippen LogP contribution is -2.70. The maximum Gasteiger partial charge on any atom is 0.364 e. The van der Waals surface area contributed by atoms with Gasteiger partial charge in [-0.05, 0) is 0 Å². The monoisotopic (exact) mass is 1530 g/mol. The molecule has 31 N–H and O–H groups in total. The van der Waals surface area contributed by atoms with Crippen LogP contribution in [-0.4, -0.2) is 489 Å². The summed E-state index contributed by atoms with van der Waals surface area (Å²) < 4.78 is 99.0. The first-order valence-corrected chi connectivity index (χ1v) is 32.8. The van der Waals surface area contributed by atoms with Crippen LogP contribution < -0.4 is 5.73 Å². The van der Waals surface area contributed by atoms with Crippen molar-refractivity contribution in [2.24, 2.45) is 5.73 Å². The van der Waals surface area contributed by atoms with Gasteiger partial charge in [0.25, 0.3) is 5.79 Å². The summed E-state index contributed by atoms with van der Waals surface area (Å²) in [5.41, 5.74) is 6.17.